The zero-order chi connectivity index (χ0) is 17.4. The van der Waals surface area contributed by atoms with Gasteiger partial charge in [0, 0.05) is 18.2 Å². The maximum Gasteiger partial charge on any atom is 0.239 e. The molecule has 0 aliphatic carbocycles. The molecule has 0 spiro atoms. The first-order valence-electron chi connectivity index (χ1n) is 7.13. The summed E-state index contributed by atoms with van der Waals surface area (Å²) in [6, 6.07) is 4.47. The molecule has 1 aromatic rings. The van der Waals surface area contributed by atoms with Crippen molar-refractivity contribution in [1.82, 2.24) is 4.90 Å². The Labute approximate surface area is 145 Å². The van der Waals surface area contributed by atoms with Gasteiger partial charge in [0.05, 0.1) is 10.8 Å². The van der Waals surface area contributed by atoms with E-state index in [4.69, 9.17) is 16.7 Å². The molecule has 1 atom stereocenters. The van der Waals surface area contributed by atoms with Gasteiger partial charge >= 0.3 is 0 Å². The Hall–Kier alpha value is -0.800. The second-order valence-electron chi connectivity index (χ2n) is 5.55. The molecule has 0 saturated carbocycles. The predicted octanol–water partition coefficient (Wildman–Crippen LogP) is 1.97. The first-order chi connectivity index (χ1) is 10.6. The molecular weight excluding hydrogens is 358 g/mol. The molecule has 0 bridgehead atoms. The number of hydrogen-bond acceptors (Lipinski definition) is 5. The number of thioether (sulfide) groups is 1. The fourth-order valence-corrected chi connectivity index (χ4v) is 4.86. The fraction of sp³-hybridized carbons (Fsp3) is 0.500. The number of aliphatic imine (C=N–C) groups is 1. The van der Waals surface area contributed by atoms with Gasteiger partial charge < -0.3 is 10.0 Å². The summed E-state index contributed by atoms with van der Waals surface area (Å²) in [5.74, 6) is 0.345. The summed E-state index contributed by atoms with van der Waals surface area (Å²) in [4.78, 5) is 6.08. The Morgan fingerprint density at radius 3 is 2.70 bits per heavy atom. The number of amidine groups is 1. The molecule has 1 aromatic carbocycles. The molecule has 1 aliphatic heterocycles. The van der Waals surface area contributed by atoms with Crippen molar-refractivity contribution in [2.24, 2.45) is 10.1 Å². The minimum Gasteiger partial charge on any atom is -0.366 e. The number of rotatable bonds is 4. The molecule has 3 N–H and O–H groups in total. The SMILES string of the molecule is CCN1/C(=N/C(C)C)SCC1(O)c1ccc(Cl)c(S(N)(=O)=O)c1. The molecule has 2 rings (SSSR count). The number of benzene rings is 1. The maximum atomic E-state index is 11.7. The average molecular weight is 378 g/mol. The molecule has 9 heteroatoms. The molecule has 6 nitrogen and oxygen atoms in total. The van der Waals surface area contributed by atoms with E-state index in [1.807, 2.05) is 20.8 Å². The van der Waals surface area contributed by atoms with Crippen molar-refractivity contribution in [2.75, 3.05) is 12.3 Å². The Morgan fingerprint density at radius 2 is 2.17 bits per heavy atom. The van der Waals surface area contributed by atoms with Crippen molar-refractivity contribution in [3.8, 4) is 0 Å². The van der Waals surface area contributed by atoms with Crippen LogP contribution in [0, 0.1) is 0 Å². The third-order valence-corrected chi connectivity index (χ3v) is 5.99. The van der Waals surface area contributed by atoms with Crippen LogP contribution in [0.15, 0.2) is 28.1 Å². The Balaban J connectivity index is 2.53. The van der Waals surface area contributed by atoms with E-state index in [1.54, 1.807) is 11.0 Å². The van der Waals surface area contributed by atoms with Crippen LogP contribution < -0.4 is 5.14 Å². The molecule has 1 aliphatic rings. The number of nitrogens with two attached hydrogens (primary N) is 1. The monoisotopic (exact) mass is 377 g/mol. The Kier molecular flexibility index (Phi) is 5.32. The molecule has 0 radical (unpaired) electrons. The van der Waals surface area contributed by atoms with E-state index in [0.717, 1.165) is 5.17 Å². The number of nitrogens with zero attached hydrogens (tertiary/aromatic N) is 2. The lowest BCUT2D eigenvalue weighted by Crippen LogP contribution is -2.45. The normalized spacial score (nSPS) is 24.0. The smallest absolute Gasteiger partial charge is 0.239 e. The van der Waals surface area contributed by atoms with Crippen LogP contribution in [-0.2, 0) is 15.7 Å². The lowest BCUT2D eigenvalue weighted by atomic mass is 10.0. The Bertz CT molecular complexity index is 737. The van der Waals surface area contributed by atoms with Crippen LogP contribution in [0.2, 0.25) is 5.02 Å². The summed E-state index contributed by atoms with van der Waals surface area (Å²) >= 11 is 7.35. The highest BCUT2D eigenvalue weighted by atomic mass is 35.5. The summed E-state index contributed by atoms with van der Waals surface area (Å²) in [5, 5.41) is 17.1. The third kappa shape index (κ3) is 3.66. The predicted molar refractivity (Wildman–Crippen MR) is 94.1 cm³/mol. The van der Waals surface area contributed by atoms with Gasteiger partial charge in [0.1, 0.15) is 4.90 Å². The summed E-state index contributed by atoms with van der Waals surface area (Å²) in [7, 11) is -3.97. The van der Waals surface area contributed by atoms with E-state index in [2.05, 4.69) is 4.99 Å². The van der Waals surface area contributed by atoms with Gasteiger partial charge in [-0.3, -0.25) is 4.99 Å². The van der Waals surface area contributed by atoms with Crippen molar-refractivity contribution < 1.29 is 13.5 Å². The Morgan fingerprint density at radius 1 is 1.52 bits per heavy atom. The van der Waals surface area contributed by atoms with Crippen molar-refractivity contribution in [3.63, 3.8) is 0 Å². The highest BCUT2D eigenvalue weighted by Crippen LogP contribution is 2.40. The molecular formula is C14H20ClN3O3S2. The molecule has 1 heterocycles. The topological polar surface area (TPSA) is 96.0 Å². The standard InChI is InChI=1S/C14H20ClN3O3S2/c1-4-18-13(17-9(2)3)22-8-14(18,19)10-5-6-11(15)12(7-10)23(16,20)21/h5-7,9,19H,4,8H2,1-3H3,(H2,16,20,21)/b17-13-. The van der Waals surface area contributed by atoms with Crippen LogP contribution in [-0.4, -0.2) is 41.9 Å². The molecule has 1 fully saturated rings. The molecule has 1 unspecified atom stereocenters. The fourth-order valence-electron chi connectivity index (χ4n) is 2.41. The van der Waals surface area contributed by atoms with Crippen molar-refractivity contribution in [3.05, 3.63) is 28.8 Å². The van der Waals surface area contributed by atoms with Crippen molar-refractivity contribution in [1.29, 1.82) is 0 Å². The van der Waals surface area contributed by atoms with E-state index in [9.17, 15) is 13.5 Å². The van der Waals surface area contributed by atoms with Crippen LogP contribution in [0.25, 0.3) is 0 Å². The molecule has 23 heavy (non-hydrogen) atoms. The number of aliphatic hydroxyl groups is 1. The van der Waals surface area contributed by atoms with Crippen LogP contribution in [0.5, 0.6) is 0 Å². The molecule has 1 saturated heterocycles. The highest BCUT2D eigenvalue weighted by molar-refractivity contribution is 8.14. The summed E-state index contributed by atoms with van der Waals surface area (Å²) in [5.41, 5.74) is -0.925. The molecule has 0 aromatic heterocycles. The number of sulfonamides is 1. The first-order valence-corrected chi connectivity index (χ1v) is 10.0. The summed E-state index contributed by atoms with van der Waals surface area (Å²) < 4.78 is 23.3. The van der Waals surface area contributed by atoms with Gasteiger partial charge in [0.2, 0.25) is 10.0 Å². The zero-order valence-electron chi connectivity index (χ0n) is 13.2. The van der Waals surface area contributed by atoms with Gasteiger partial charge in [-0.2, -0.15) is 0 Å². The number of halogens is 1. The maximum absolute atomic E-state index is 11.7. The van der Waals surface area contributed by atoms with Crippen molar-refractivity contribution >= 4 is 38.6 Å². The van der Waals surface area contributed by atoms with E-state index >= 15 is 0 Å². The van der Waals surface area contributed by atoms with Gasteiger partial charge in [-0.05, 0) is 32.9 Å². The van der Waals surface area contributed by atoms with Crippen LogP contribution >= 0.6 is 23.4 Å². The molecule has 0 amide bonds. The van der Waals surface area contributed by atoms with Crippen LogP contribution in [0.1, 0.15) is 26.3 Å². The zero-order valence-corrected chi connectivity index (χ0v) is 15.5. The summed E-state index contributed by atoms with van der Waals surface area (Å²) in [6.45, 7) is 6.35. The van der Waals surface area contributed by atoms with E-state index < -0.39 is 15.7 Å². The van der Waals surface area contributed by atoms with E-state index in [-0.39, 0.29) is 16.0 Å². The lowest BCUT2D eigenvalue weighted by molar-refractivity contribution is -0.0455. The van der Waals surface area contributed by atoms with Crippen molar-refractivity contribution in [2.45, 2.75) is 37.4 Å². The van der Waals surface area contributed by atoms with Gasteiger partial charge in [-0.1, -0.05) is 29.4 Å². The number of primary sulfonamides is 1. The minimum atomic E-state index is -3.97. The largest absolute Gasteiger partial charge is 0.366 e. The minimum absolute atomic E-state index is 0.0321. The third-order valence-electron chi connectivity index (χ3n) is 3.46. The van der Waals surface area contributed by atoms with Crippen LogP contribution in [0.4, 0.5) is 0 Å². The van der Waals surface area contributed by atoms with E-state index in [1.165, 1.54) is 23.9 Å². The quantitative estimate of drug-likeness (QED) is 0.836. The van der Waals surface area contributed by atoms with Gasteiger partial charge in [0.15, 0.2) is 10.9 Å². The second kappa shape index (κ2) is 6.60. The molecule has 128 valence electrons. The average Bonchev–Trinajstić information content (AvgIpc) is 2.74. The van der Waals surface area contributed by atoms with Gasteiger partial charge in [0.25, 0.3) is 0 Å². The van der Waals surface area contributed by atoms with Gasteiger partial charge in [-0.15, -0.1) is 0 Å². The first kappa shape index (κ1) is 18.5. The second-order valence-corrected chi connectivity index (χ2v) is 8.42. The summed E-state index contributed by atoms with van der Waals surface area (Å²) in [6.07, 6.45) is 0. The highest BCUT2D eigenvalue weighted by Gasteiger charge is 2.44. The van der Waals surface area contributed by atoms with E-state index in [0.29, 0.717) is 17.9 Å². The number of hydrogen-bond donors (Lipinski definition) is 2. The van der Waals surface area contributed by atoms with Crippen LogP contribution in [0.3, 0.4) is 0 Å². The lowest BCUT2D eigenvalue weighted by Gasteiger charge is -2.34. The van der Waals surface area contributed by atoms with Gasteiger partial charge in [-0.25, -0.2) is 13.6 Å².